The topological polar surface area (TPSA) is 52.0 Å². The zero-order valence-corrected chi connectivity index (χ0v) is 8.51. The van der Waals surface area contributed by atoms with Crippen LogP contribution >= 0.6 is 11.6 Å². The molecule has 0 amide bonds. The average molecular weight is 199 g/mol. The Bertz CT molecular complexity index is 284. The summed E-state index contributed by atoms with van der Waals surface area (Å²) in [6.07, 6.45) is 1.87. The second kappa shape index (κ2) is 4.49. The zero-order chi connectivity index (χ0) is 9.84. The van der Waals surface area contributed by atoms with Crippen molar-refractivity contribution >= 4 is 17.3 Å². The third-order valence-electron chi connectivity index (χ3n) is 1.98. The van der Waals surface area contributed by atoms with E-state index < -0.39 is 0 Å². The predicted molar refractivity (Wildman–Crippen MR) is 57.8 cm³/mol. The maximum absolute atomic E-state index is 5.78. The summed E-state index contributed by atoms with van der Waals surface area (Å²) in [6.45, 7) is 1.99. The number of nitrogen functional groups attached to an aromatic ring is 1. The molecule has 0 saturated carbocycles. The highest BCUT2D eigenvalue weighted by Gasteiger charge is 2.01. The summed E-state index contributed by atoms with van der Waals surface area (Å²) in [5.41, 5.74) is 13.3. The van der Waals surface area contributed by atoms with Crippen molar-refractivity contribution in [1.29, 1.82) is 0 Å². The molecule has 13 heavy (non-hydrogen) atoms. The molecule has 1 rings (SSSR count). The molecule has 0 heterocycles. The lowest BCUT2D eigenvalue weighted by molar-refractivity contribution is 0.667. The number of aryl methyl sites for hydroxylation is 1. The van der Waals surface area contributed by atoms with E-state index in [9.17, 15) is 0 Å². The third-order valence-corrected chi connectivity index (χ3v) is 2.21. The second-order valence-electron chi connectivity index (χ2n) is 3.36. The van der Waals surface area contributed by atoms with Gasteiger partial charge in [0.15, 0.2) is 0 Å². The lowest BCUT2D eigenvalue weighted by Crippen LogP contribution is -2.15. The van der Waals surface area contributed by atoms with Gasteiger partial charge in [-0.15, -0.1) is 0 Å². The number of anilines is 1. The Hall–Kier alpha value is -0.730. The summed E-state index contributed by atoms with van der Waals surface area (Å²) in [6, 6.07) is 5.81. The van der Waals surface area contributed by atoms with Gasteiger partial charge in [-0.1, -0.05) is 17.7 Å². The minimum absolute atomic E-state index is 0.218. The van der Waals surface area contributed by atoms with Crippen molar-refractivity contribution in [3.05, 3.63) is 28.8 Å². The molecule has 0 aromatic heterocycles. The molecule has 2 nitrogen and oxygen atoms in total. The number of rotatable bonds is 3. The van der Waals surface area contributed by atoms with Gasteiger partial charge in [-0.2, -0.15) is 0 Å². The Labute approximate surface area is 83.9 Å². The Kier molecular flexibility index (Phi) is 3.58. The largest absolute Gasteiger partial charge is 0.398 e. The van der Waals surface area contributed by atoms with Crippen LogP contribution in [0.25, 0.3) is 0 Å². The smallest absolute Gasteiger partial charge is 0.0426 e. The van der Waals surface area contributed by atoms with Crippen molar-refractivity contribution in [2.24, 2.45) is 5.73 Å². The summed E-state index contributed by atoms with van der Waals surface area (Å²) >= 11 is 5.77. The Morgan fingerprint density at radius 3 is 2.69 bits per heavy atom. The molecule has 0 saturated heterocycles. The number of benzene rings is 1. The highest BCUT2D eigenvalue weighted by molar-refractivity contribution is 6.30. The van der Waals surface area contributed by atoms with Crippen LogP contribution in [0.15, 0.2) is 18.2 Å². The fraction of sp³-hybridized carbons (Fsp3) is 0.400. The van der Waals surface area contributed by atoms with Gasteiger partial charge in [-0.3, -0.25) is 0 Å². The Morgan fingerprint density at radius 2 is 2.15 bits per heavy atom. The van der Waals surface area contributed by atoms with Gasteiger partial charge in [-0.05, 0) is 37.5 Å². The van der Waals surface area contributed by atoms with Crippen molar-refractivity contribution in [2.75, 3.05) is 5.73 Å². The quantitative estimate of drug-likeness (QED) is 0.732. The molecule has 0 fully saturated rings. The van der Waals surface area contributed by atoms with E-state index in [0.717, 1.165) is 24.1 Å². The first-order valence-corrected chi connectivity index (χ1v) is 4.77. The summed E-state index contributed by atoms with van der Waals surface area (Å²) in [5, 5.41) is 0.682. The molecule has 0 spiro atoms. The Balaban J connectivity index is 2.67. The maximum atomic E-state index is 5.78. The molecule has 4 N–H and O–H groups in total. The first-order valence-electron chi connectivity index (χ1n) is 4.39. The monoisotopic (exact) mass is 198 g/mol. The van der Waals surface area contributed by atoms with Crippen molar-refractivity contribution in [2.45, 2.75) is 25.8 Å². The van der Waals surface area contributed by atoms with E-state index in [0.29, 0.717) is 5.02 Å². The van der Waals surface area contributed by atoms with E-state index in [4.69, 9.17) is 23.1 Å². The molecule has 1 atom stereocenters. The molecule has 1 aromatic carbocycles. The average Bonchev–Trinajstić information content (AvgIpc) is 2.02. The number of nitrogens with two attached hydrogens (primary N) is 2. The van der Waals surface area contributed by atoms with Gasteiger partial charge in [0.25, 0.3) is 0 Å². The van der Waals surface area contributed by atoms with E-state index in [1.165, 1.54) is 0 Å². The SMILES string of the molecule is CC(N)CCc1ccc(Cl)cc1N. The molecule has 1 unspecified atom stereocenters. The van der Waals surface area contributed by atoms with Crippen LogP contribution in [0.5, 0.6) is 0 Å². The standard InChI is InChI=1S/C10H15ClN2/c1-7(12)2-3-8-4-5-9(11)6-10(8)13/h4-7H,2-3,12-13H2,1H3. The van der Waals surface area contributed by atoms with Crippen molar-refractivity contribution in [1.82, 2.24) is 0 Å². The van der Waals surface area contributed by atoms with Crippen molar-refractivity contribution in [3.8, 4) is 0 Å². The molecule has 0 aliphatic rings. The van der Waals surface area contributed by atoms with Crippen LogP contribution in [0.4, 0.5) is 5.69 Å². The van der Waals surface area contributed by atoms with Crippen LogP contribution < -0.4 is 11.5 Å². The lowest BCUT2D eigenvalue weighted by atomic mass is 10.1. The highest BCUT2D eigenvalue weighted by atomic mass is 35.5. The maximum Gasteiger partial charge on any atom is 0.0426 e. The van der Waals surface area contributed by atoms with E-state index in [2.05, 4.69) is 0 Å². The molecule has 0 radical (unpaired) electrons. The molecule has 3 heteroatoms. The van der Waals surface area contributed by atoms with Crippen molar-refractivity contribution in [3.63, 3.8) is 0 Å². The van der Waals surface area contributed by atoms with E-state index in [1.54, 1.807) is 6.07 Å². The first-order chi connectivity index (χ1) is 6.09. The summed E-state index contributed by atoms with van der Waals surface area (Å²) < 4.78 is 0. The van der Waals surface area contributed by atoms with E-state index in [-0.39, 0.29) is 6.04 Å². The summed E-state index contributed by atoms with van der Waals surface area (Å²) in [4.78, 5) is 0. The van der Waals surface area contributed by atoms with Gasteiger partial charge >= 0.3 is 0 Å². The molecule has 0 bridgehead atoms. The van der Waals surface area contributed by atoms with E-state index in [1.807, 2.05) is 19.1 Å². The van der Waals surface area contributed by atoms with Gasteiger partial charge < -0.3 is 11.5 Å². The summed E-state index contributed by atoms with van der Waals surface area (Å²) in [5.74, 6) is 0. The lowest BCUT2D eigenvalue weighted by Gasteiger charge is -2.07. The number of halogens is 1. The highest BCUT2D eigenvalue weighted by Crippen LogP contribution is 2.19. The van der Waals surface area contributed by atoms with Gasteiger partial charge in [0, 0.05) is 16.8 Å². The molecular weight excluding hydrogens is 184 g/mol. The van der Waals surface area contributed by atoms with Crippen molar-refractivity contribution < 1.29 is 0 Å². The summed E-state index contributed by atoms with van der Waals surface area (Å²) in [7, 11) is 0. The van der Waals surface area contributed by atoms with Crippen LogP contribution in [0.3, 0.4) is 0 Å². The van der Waals surface area contributed by atoms with E-state index >= 15 is 0 Å². The molecule has 0 aliphatic heterocycles. The normalized spacial score (nSPS) is 12.8. The van der Waals surface area contributed by atoms with Gasteiger partial charge in [0.05, 0.1) is 0 Å². The van der Waals surface area contributed by atoms with Gasteiger partial charge in [0.1, 0.15) is 0 Å². The molecule has 72 valence electrons. The predicted octanol–water partition coefficient (Wildman–Crippen LogP) is 2.20. The minimum atomic E-state index is 0.218. The van der Waals surface area contributed by atoms with Gasteiger partial charge in [-0.25, -0.2) is 0 Å². The van der Waals surface area contributed by atoms with Crippen LogP contribution in [-0.2, 0) is 6.42 Å². The van der Waals surface area contributed by atoms with Crippen LogP contribution in [0.2, 0.25) is 5.02 Å². The molecule has 0 aliphatic carbocycles. The first kappa shape index (κ1) is 10.4. The minimum Gasteiger partial charge on any atom is -0.398 e. The van der Waals surface area contributed by atoms with Crippen LogP contribution in [0, 0.1) is 0 Å². The third kappa shape index (κ3) is 3.25. The zero-order valence-electron chi connectivity index (χ0n) is 7.76. The van der Waals surface area contributed by atoms with Crippen LogP contribution in [0.1, 0.15) is 18.9 Å². The fourth-order valence-corrected chi connectivity index (χ4v) is 1.36. The number of hydrogen-bond donors (Lipinski definition) is 2. The number of hydrogen-bond acceptors (Lipinski definition) is 2. The molecular formula is C10H15ClN2. The van der Waals surface area contributed by atoms with Crippen LogP contribution in [-0.4, -0.2) is 6.04 Å². The van der Waals surface area contributed by atoms with Gasteiger partial charge in [0.2, 0.25) is 0 Å². The fourth-order valence-electron chi connectivity index (χ4n) is 1.18. The molecule has 1 aromatic rings. The Morgan fingerprint density at radius 1 is 1.46 bits per heavy atom. The second-order valence-corrected chi connectivity index (χ2v) is 3.80.